The summed E-state index contributed by atoms with van der Waals surface area (Å²) in [6.07, 6.45) is 4.42. The molecule has 0 aliphatic carbocycles. The van der Waals surface area contributed by atoms with Crippen molar-refractivity contribution in [1.29, 1.82) is 0 Å². The average molecular weight is 381 g/mol. The number of rotatable bonds is 4. The number of hydrogen-bond donors (Lipinski definition) is 2. The zero-order valence-corrected chi connectivity index (χ0v) is 15.5. The normalized spacial score (nSPS) is 19.7. The van der Waals surface area contributed by atoms with Crippen molar-refractivity contribution in [3.05, 3.63) is 23.8 Å². The highest BCUT2D eigenvalue weighted by Gasteiger charge is 2.25. The van der Waals surface area contributed by atoms with Gasteiger partial charge in [0.15, 0.2) is 0 Å². The molecule has 26 heavy (non-hydrogen) atoms. The van der Waals surface area contributed by atoms with Crippen molar-refractivity contribution in [2.24, 2.45) is 0 Å². The van der Waals surface area contributed by atoms with Crippen molar-refractivity contribution < 1.29 is 22.7 Å². The molecule has 2 aliphatic rings. The van der Waals surface area contributed by atoms with Gasteiger partial charge in [0.25, 0.3) is 0 Å². The van der Waals surface area contributed by atoms with Gasteiger partial charge >= 0.3 is 11.8 Å². The Morgan fingerprint density at radius 3 is 2.77 bits per heavy atom. The molecule has 0 bridgehead atoms. The van der Waals surface area contributed by atoms with E-state index in [1.54, 1.807) is 18.2 Å². The third kappa shape index (κ3) is 4.34. The highest BCUT2D eigenvalue weighted by molar-refractivity contribution is 7.92. The number of aryl methyl sites for hydroxylation is 1. The van der Waals surface area contributed by atoms with E-state index >= 15 is 0 Å². The fourth-order valence-corrected chi connectivity index (χ4v) is 4.26. The van der Waals surface area contributed by atoms with Gasteiger partial charge in [0.1, 0.15) is 0 Å². The van der Waals surface area contributed by atoms with Crippen LogP contribution in [0, 0.1) is 0 Å². The van der Waals surface area contributed by atoms with Gasteiger partial charge in [-0.1, -0.05) is 0 Å². The number of sulfonamides is 1. The van der Waals surface area contributed by atoms with Gasteiger partial charge in [0.2, 0.25) is 10.0 Å². The molecule has 2 aliphatic heterocycles. The van der Waals surface area contributed by atoms with Gasteiger partial charge in [-0.3, -0.25) is 13.9 Å². The zero-order valence-electron chi connectivity index (χ0n) is 14.7. The number of benzene rings is 1. The number of fused-ring (bicyclic) bond motifs is 1. The maximum absolute atomic E-state index is 12.0. The minimum absolute atomic E-state index is 0.0301. The van der Waals surface area contributed by atoms with Crippen molar-refractivity contribution in [2.75, 3.05) is 35.6 Å². The summed E-state index contributed by atoms with van der Waals surface area (Å²) >= 11 is 0. The van der Waals surface area contributed by atoms with Crippen molar-refractivity contribution >= 4 is 33.2 Å². The minimum atomic E-state index is -3.33. The van der Waals surface area contributed by atoms with Crippen molar-refractivity contribution in [1.82, 2.24) is 5.32 Å². The average Bonchev–Trinajstić information content (AvgIpc) is 3.11. The van der Waals surface area contributed by atoms with E-state index in [-0.39, 0.29) is 6.10 Å². The van der Waals surface area contributed by atoms with E-state index in [1.165, 1.54) is 10.6 Å². The first-order valence-corrected chi connectivity index (χ1v) is 10.5. The van der Waals surface area contributed by atoms with E-state index in [4.69, 9.17) is 4.74 Å². The molecule has 2 heterocycles. The summed E-state index contributed by atoms with van der Waals surface area (Å²) < 4.78 is 30.5. The Morgan fingerprint density at radius 2 is 2.08 bits per heavy atom. The van der Waals surface area contributed by atoms with Crippen LogP contribution in [0.5, 0.6) is 0 Å². The van der Waals surface area contributed by atoms with Crippen LogP contribution in [0.1, 0.15) is 24.8 Å². The lowest BCUT2D eigenvalue weighted by Gasteiger charge is -2.29. The Bertz CT molecular complexity index is 803. The second kappa shape index (κ2) is 7.63. The van der Waals surface area contributed by atoms with Gasteiger partial charge in [0.05, 0.1) is 18.0 Å². The van der Waals surface area contributed by atoms with E-state index in [0.717, 1.165) is 24.8 Å². The Morgan fingerprint density at radius 1 is 1.27 bits per heavy atom. The smallest absolute Gasteiger partial charge is 0.313 e. The van der Waals surface area contributed by atoms with E-state index in [0.29, 0.717) is 37.5 Å². The lowest BCUT2D eigenvalue weighted by Crippen LogP contribution is -2.39. The second-order valence-electron chi connectivity index (χ2n) is 6.58. The second-order valence-corrected chi connectivity index (χ2v) is 8.49. The summed E-state index contributed by atoms with van der Waals surface area (Å²) in [5.41, 5.74) is 1.93. The third-order valence-corrected chi connectivity index (χ3v) is 5.71. The summed E-state index contributed by atoms with van der Waals surface area (Å²) in [5.74, 6) is -1.46. The molecule has 3 rings (SSSR count). The Hall–Kier alpha value is -2.13. The number of nitrogens with one attached hydrogen (secondary N) is 2. The van der Waals surface area contributed by atoms with Gasteiger partial charge in [0, 0.05) is 25.4 Å². The first-order chi connectivity index (χ1) is 12.3. The van der Waals surface area contributed by atoms with Crippen LogP contribution in [0.25, 0.3) is 0 Å². The maximum Gasteiger partial charge on any atom is 0.313 e. The fraction of sp³-hybridized carbons (Fsp3) is 0.529. The molecule has 142 valence electrons. The SMILES string of the molecule is CS(=O)(=O)N1CCCc2cc(NC(=O)C(=O)NCC3CCCO3)ccc21. The maximum atomic E-state index is 12.0. The fourth-order valence-electron chi connectivity index (χ4n) is 3.26. The predicted octanol–water partition coefficient (Wildman–Crippen LogP) is 0.633. The molecule has 1 unspecified atom stereocenters. The van der Waals surface area contributed by atoms with Crippen LogP contribution in [0.3, 0.4) is 0 Å². The Labute approximate surface area is 152 Å². The van der Waals surface area contributed by atoms with Gasteiger partial charge in [-0.25, -0.2) is 8.42 Å². The van der Waals surface area contributed by atoms with Crippen LogP contribution in [0.2, 0.25) is 0 Å². The van der Waals surface area contributed by atoms with Crippen LogP contribution in [0.15, 0.2) is 18.2 Å². The van der Waals surface area contributed by atoms with Gasteiger partial charge in [-0.2, -0.15) is 0 Å². The third-order valence-electron chi connectivity index (χ3n) is 4.53. The highest BCUT2D eigenvalue weighted by Crippen LogP contribution is 2.31. The molecule has 1 atom stereocenters. The van der Waals surface area contributed by atoms with Crippen molar-refractivity contribution in [3.8, 4) is 0 Å². The predicted molar refractivity (Wildman–Crippen MR) is 97.6 cm³/mol. The minimum Gasteiger partial charge on any atom is -0.376 e. The van der Waals surface area contributed by atoms with Crippen molar-refractivity contribution in [3.63, 3.8) is 0 Å². The van der Waals surface area contributed by atoms with Crippen LogP contribution in [-0.4, -0.2) is 52.3 Å². The molecule has 1 aromatic rings. The summed E-state index contributed by atoms with van der Waals surface area (Å²) in [6.45, 7) is 1.45. The summed E-state index contributed by atoms with van der Waals surface area (Å²) in [7, 11) is -3.33. The summed E-state index contributed by atoms with van der Waals surface area (Å²) in [5, 5.41) is 5.13. The molecule has 1 aromatic carbocycles. The molecular weight excluding hydrogens is 358 g/mol. The molecule has 1 fully saturated rings. The van der Waals surface area contributed by atoms with E-state index < -0.39 is 21.8 Å². The van der Waals surface area contributed by atoms with Gasteiger partial charge < -0.3 is 15.4 Å². The van der Waals surface area contributed by atoms with Crippen molar-refractivity contribution in [2.45, 2.75) is 31.8 Å². The number of amides is 2. The number of nitrogens with zero attached hydrogens (tertiary/aromatic N) is 1. The molecule has 0 spiro atoms. The zero-order chi connectivity index (χ0) is 18.7. The summed E-state index contributed by atoms with van der Waals surface area (Å²) in [4.78, 5) is 23.9. The number of carbonyl (C=O) groups is 2. The number of hydrogen-bond acceptors (Lipinski definition) is 5. The number of ether oxygens (including phenoxy) is 1. The first kappa shape index (κ1) is 18.7. The molecule has 2 N–H and O–H groups in total. The summed E-state index contributed by atoms with van der Waals surface area (Å²) in [6, 6.07) is 4.99. The molecule has 8 nitrogen and oxygen atoms in total. The Balaban J connectivity index is 1.63. The van der Waals surface area contributed by atoms with Gasteiger partial charge in [-0.15, -0.1) is 0 Å². The van der Waals surface area contributed by atoms with Crippen LogP contribution >= 0.6 is 0 Å². The monoisotopic (exact) mass is 381 g/mol. The van der Waals surface area contributed by atoms with Crippen LogP contribution in [0.4, 0.5) is 11.4 Å². The largest absolute Gasteiger partial charge is 0.376 e. The van der Waals surface area contributed by atoms with E-state index in [9.17, 15) is 18.0 Å². The molecule has 0 saturated carbocycles. The lowest BCUT2D eigenvalue weighted by atomic mass is 10.0. The first-order valence-electron chi connectivity index (χ1n) is 8.66. The molecule has 2 amide bonds. The molecule has 1 saturated heterocycles. The van der Waals surface area contributed by atoms with E-state index in [2.05, 4.69) is 10.6 Å². The number of anilines is 2. The molecule has 0 aromatic heterocycles. The Kier molecular flexibility index (Phi) is 5.47. The van der Waals surface area contributed by atoms with Crippen LogP contribution in [-0.2, 0) is 30.8 Å². The molecular formula is C17H23N3O5S. The van der Waals surface area contributed by atoms with E-state index in [1.807, 2.05) is 0 Å². The number of carbonyl (C=O) groups excluding carboxylic acids is 2. The molecule has 0 radical (unpaired) electrons. The van der Waals surface area contributed by atoms with Gasteiger partial charge in [-0.05, 0) is 49.4 Å². The quantitative estimate of drug-likeness (QED) is 0.745. The molecule has 9 heteroatoms. The standard InChI is InChI=1S/C17H23N3O5S/c1-26(23,24)20-8-2-4-12-10-13(6-7-15(12)20)19-17(22)16(21)18-11-14-5-3-9-25-14/h6-7,10,14H,2-5,8-9,11H2,1H3,(H,18,21)(H,19,22). The highest BCUT2D eigenvalue weighted by atomic mass is 32.2. The topological polar surface area (TPSA) is 105 Å². The lowest BCUT2D eigenvalue weighted by molar-refractivity contribution is -0.136. The van der Waals surface area contributed by atoms with Crippen LogP contribution < -0.4 is 14.9 Å².